The summed E-state index contributed by atoms with van der Waals surface area (Å²) in [7, 11) is 0. The van der Waals surface area contributed by atoms with Crippen molar-refractivity contribution in [3.63, 3.8) is 0 Å². The molecule has 1 aromatic carbocycles. The Kier molecular flexibility index (Phi) is 2.90. The third kappa shape index (κ3) is 2.05. The van der Waals surface area contributed by atoms with E-state index in [2.05, 4.69) is 29.4 Å². The van der Waals surface area contributed by atoms with Crippen LogP contribution in [-0.2, 0) is 0 Å². The highest BCUT2D eigenvalue weighted by molar-refractivity contribution is 7.16. The zero-order chi connectivity index (χ0) is 12.6. The largest absolute Gasteiger partial charge is 0.395 e. The van der Waals surface area contributed by atoms with Crippen LogP contribution >= 0.6 is 11.3 Å². The molecule has 1 aliphatic rings. The molecule has 3 N–H and O–H groups in total. The SMILES string of the molecule is CC1(CNc2ccc3scnc3c2N)CCCC1. The fourth-order valence-corrected chi connectivity index (χ4v) is 3.51. The van der Waals surface area contributed by atoms with E-state index < -0.39 is 0 Å². The molecule has 0 atom stereocenters. The molecular formula is C14H19N3S. The number of fused-ring (bicyclic) bond motifs is 1. The second-order valence-electron chi connectivity index (χ2n) is 5.60. The van der Waals surface area contributed by atoms with Gasteiger partial charge in [-0.25, -0.2) is 4.98 Å². The summed E-state index contributed by atoms with van der Waals surface area (Å²) in [5.41, 5.74) is 11.2. The lowest BCUT2D eigenvalue weighted by molar-refractivity contribution is 0.362. The molecule has 3 nitrogen and oxygen atoms in total. The van der Waals surface area contributed by atoms with Crippen LogP contribution in [0, 0.1) is 5.41 Å². The lowest BCUT2D eigenvalue weighted by atomic mass is 9.89. The van der Waals surface area contributed by atoms with E-state index in [4.69, 9.17) is 5.73 Å². The van der Waals surface area contributed by atoms with Gasteiger partial charge in [0.05, 0.1) is 21.6 Å². The summed E-state index contributed by atoms with van der Waals surface area (Å²) in [5, 5.41) is 3.52. The number of nitrogens with one attached hydrogen (secondary N) is 1. The van der Waals surface area contributed by atoms with Gasteiger partial charge in [-0.1, -0.05) is 19.8 Å². The predicted molar refractivity (Wildman–Crippen MR) is 79.1 cm³/mol. The summed E-state index contributed by atoms with van der Waals surface area (Å²) in [5.74, 6) is 0. The van der Waals surface area contributed by atoms with Crippen LogP contribution in [0.15, 0.2) is 17.6 Å². The molecule has 2 aromatic rings. The van der Waals surface area contributed by atoms with E-state index in [9.17, 15) is 0 Å². The fourth-order valence-electron chi connectivity index (χ4n) is 2.82. The molecule has 1 aliphatic carbocycles. The average Bonchev–Trinajstić information content (AvgIpc) is 2.98. The van der Waals surface area contributed by atoms with Gasteiger partial charge in [0.1, 0.15) is 5.52 Å². The standard InChI is InChI=1S/C14H19N3S/c1-14(6-2-3-7-14)8-16-10-4-5-11-13(12(10)15)17-9-18-11/h4-5,9,16H,2-3,6-8,15H2,1H3. The number of rotatable bonds is 3. The van der Waals surface area contributed by atoms with Crippen molar-refractivity contribution in [3.8, 4) is 0 Å². The Morgan fingerprint density at radius 1 is 1.39 bits per heavy atom. The van der Waals surface area contributed by atoms with Crippen LogP contribution in [0.1, 0.15) is 32.6 Å². The number of thiazole rings is 1. The first kappa shape index (κ1) is 11.8. The van der Waals surface area contributed by atoms with Crippen molar-refractivity contribution in [2.45, 2.75) is 32.6 Å². The number of hydrogen-bond acceptors (Lipinski definition) is 4. The molecule has 0 amide bonds. The highest BCUT2D eigenvalue weighted by Gasteiger charge is 2.28. The molecule has 0 aliphatic heterocycles. The zero-order valence-corrected chi connectivity index (χ0v) is 11.5. The minimum Gasteiger partial charge on any atom is -0.395 e. The van der Waals surface area contributed by atoms with Crippen LogP contribution in [0.3, 0.4) is 0 Å². The van der Waals surface area contributed by atoms with Crippen LogP contribution in [0.2, 0.25) is 0 Å². The van der Waals surface area contributed by atoms with Crippen molar-refractivity contribution in [2.75, 3.05) is 17.6 Å². The van der Waals surface area contributed by atoms with Crippen molar-refractivity contribution in [2.24, 2.45) is 5.41 Å². The molecule has 96 valence electrons. The molecule has 0 unspecified atom stereocenters. The molecule has 1 saturated carbocycles. The summed E-state index contributed by atoms with van der Waals surface area (Å²) in [6.45, 7) is 3.37. The zero-order valence-electron chi connectivity index (χ0n) is 10.7. The van der Waals surface area contributed by atoms with Crippen molar-refractivity contribution in [1.82, 2.24) is 4.98 Å². The molecule has 3 rings (SSSR count). The average molecular weight is 261 g/mol. The van der Waals surface area contributed by atoms with Gasteiger partial charge < -0.3 is 11.1 Å². The van der Waals surface area contributed by atoms with Crippen molar-refractivity contribution in [3.05, 3.63) is 17.6 Å². The Hall–Kier alpha value is -1.29. The van der Waals surface area contributed by atoms with E-state index in [1.54, 1.807) is 11.3 Å². The van der Waals surface area contributed by atoms with E-state index in [0.29, 0.717) is 5.41 Å². The van der Waals surface area contributed by atoms with E-state index >= 15 is 0 Å². The summed E-state index contributed by atoms with van der Waals surface area (Å²) < 4.78 is 1.16. The van der Waals surface area contributed by atoms with E-state index in [1.807, 2.05) is 5.51 Å². The van der Waals surface area contributed by atoms with Gasteiger partial charge in [0.15, 0.2) is 0 Å². The highest BCUT2D eigenvalue weighted by Crippen LogP contribution is 2.38. The lowest BCUT2D eigenvalue weighted by Crippen LogP contribution is -2.23. The maximum atomic E-state index is 6.17. The number of nitrogen functional groups attached to an aromatic ring is 1. The Balaban J connectivity index is 1.80. The third-order valence-corrected chi connectivity index (χ3v) is 4.85. The van der Waals surface area contributed by atoms with Crippen LogP contribution in [-0.4, -0.2) is 11.5 Å². The molecule has 0 saturated heterocycles. The fraction of sp³-hybridized carbons (Fsp3) is 0.500. The van der Waals surface area contributed by atoms with E-state index in [1.165, 1.54) is 25.7 Å². The van der Waals surface area contributed by atoms with E-state index in [-0.39, 0.29) is 0 Å². The second-order valence-corrected chi connectivity index (χ2v) is 6.48. The topological polar surface area (TPSA) is 50.9 Å². The molecule has 0 radical (unpaired) electrons. The molecule has 1 aromatic heterocycles. The van der Waals surface area contributed by atoms with Gasteiger partial charge in [-0.15, -0.1) is 11.3 Å². The maximum Gasteiger partial charge on any atom is 0.106 e. The van der Waals surface area contributed by atoms with Crippen LogP contribution < -0.4 is 11.1 Å². The highest BCUT2D eigenvalue weighted by atomic mass is 32.1. The van der Waals surface area contributed by atoms with Crippen molar-refractivity contribution >= 4 is 32.9 Å². The number of aromatic nitrogens is 1. The summed E-state index contributed by atoms with van der Waals surface area (Å²) >= 11 is 1.63. The smallest absolute Gasteiger partial charge is 0.106 e. The normalized spacial score (nSPS) is 18.3. The predicted octanol–water partition coefficient (Wildman–Crippen LogP) is 3.87. The number of nitrogens with two attached hydrogens (primary N) is 1. The van der Waals surface area contributed by atoms with Crippen molar-refractivity contribution in [1.29, 1.82) is 0 Å². The molecule has 0 bridgehead atoms. The maximum absolute atomic E-state index is 6.17. The Morgan fingerprint density at radius 2 is 2.17 bits per heavy atom. The number of benzene rings is 1. The van der Waals surface area contributed by atoms with Crippen LogP contribution in [0.5, 0.6) is 0 Å². The summed E-state index contributed by atoms with van der Waals surface area (Å²) in [6.07, 6.45) is 5.36. The Bertz CT molecular complexity index is 555. The van der Waals surface area contributed by atoms with Gasteiger partial charge in [-0.05, 0) is 30.4 Å². The van der Waals surface area contributed by atoms with Gasteiger partial charge in [0.25, 0.3) is 0 Å². The van der Waals surface area contributed by atoms with Gasteiger partial charge in [-0.3, -0.25) is 0 Å². The molecule has 4 heteroatoms. The molecule has 1 heterocycles. The Morgan fingerprint density at radius 3 is 2.94 bits per heavy atom. The van der Waals surface area contributed by atoms with Gasteiger partial charge in [0.2, 0.25) is 0 Å². The van der Waals surface area contributed by atoms with Crippen LogP contribution in [0.25, 0.3) is 10.2 Å². The first-order valence-corrected chi connectivity index (χ1v) is 7.41. The first-order valence-electron chi connectivity index (χ1n) is 6.54. The van der Waals surface area contributed by atoms with Gasteiger partial charge in [0, 0.05) is 6.54 Å². The lowest BCUT2D eigenvalue weighted by Gasteiger charge is -2.24. The minimum absolute atomic E-state index is 0.434. The number of nitrogens with zero attached hydrogens (tertiary/aromatic N) is 1. The molecule has 0 spiro atoms. The quantitative estimate of drug-likeness (QED) is 0.825. The van der Waals surface area contributed by atoms with Gasteiger partial charge in [-0.2, -0.15) is 0 Å². The summed E-state index contributed by atoms with van der Waals surface area (Å²) in [6, 6.07) is 4.18. The van der Waals surface area contributed by atoms with Gasteiger partial charge >= 0.3 is 0 Å². The molecule has 18 heavy (non-hydrogen) atoms. The molecule has 1 fully saturated rings. The third-order valence-electron chi connectivity index (χ3n) is 4.06. The number of hydrogen-bond donors (Lipinski definition) is 2. The second kappa shape index (κ2) is 4.43. The monoisotopic (exact) mass is 261 g/mol. The Labute approximate surface area is 111 Å². The van der Waals surface area contributed by atoms with Crippen molar-refractivity contribution < 1.29 is 0 Å². The van der Waals surface area contributed by atoms with E-state index in [0.717, 1.165) is 28.1 Å². The number of anilines is 2. The molecular weight excluding hydrogens is 242 g/mol. The van der Waals surface area contributed by atoms with Crippen LogP contribution in [0.4, 0.5) is 11.4 Å². The summed E-state index contributed by atoms with van der Waals surface area (Å²) in [4.78, 5) is 4.33. The minimum atomic E-state index is 0.434. The first-order chi connectivity index (χ1) is 8.68.